The number of hydrogen-bond acceptors (Lipinski definition) is 3. The molecule has 0 unspecified atom stereocenters. The molecular weight excluding hydrogens is 333 g/mol. The molecular formula is C18H13F3N2O2. The topological polar surface area (TPSA) is 75.3 Å². The van der Waals surface area contributed by atoms with Crippen LogP contribution >= 0.6 is 0 Å². The van der Waals surface area contributed by atoms with Crippen LogP contribution in [0.2, 0.25) is 0 Å². The van der Waals surface area contributed by atoms with Crippen LogP contribution in [0.15, 0.2) is 54.6 Å². The standard InChI is InChI=1S/C18H13F3N2O2/c19-18(20,21)17(25)23-15-8-6-11(24)9-14(15)13-7-5-10-3-1-2-4-12(10)16(13)22/h1-9,24H,22H2,(H,23,25). The number of aromatic hydroxyl groups is 1. The number of nitrogens with one attached hydrogen (secondary N) is 1. The van der Waals surface area contributed by atoms with Crippen LogP contribution in [0.4, 0.5) is 24.5 Å². The van der Waals surface area contributed by atoms with Crippen molar-refractivity contribution in [2.24, 2.45) is 0 Å². The van der Waals surface area contributed by atoms with Gasteiger partial charge in [-0.3, -0.25) is 4.79 Å². The molecule has 0 fully saturated rings. The van der Waals surface area contributed by atoms with E-state index >= 15 is 0 Å². The second kappa shape index (κ2) is 6.01. The third-order valence-corrected chi connectivity index (χ3v) is 3.77. The summed E-state index contributed by atoms with van der Waals surface area (Å²) in [7, 11) is 0. The number of rotatable bonds is 2. The summed E-state index contributed by atoms with van der Waals surface area (Å²) in [5, 5.41) is 13.1. The monoisotopic (exact) mass is 346 g/mol. The molecule has 3 rings (SSSR count). The predicted molar refractivity (Wildman–Crippen MR) is 90.1 cm³/mol. The minimum absolute atomic E-state index is 0.0953. The maximum absolute atomic E-state index is 12.5. The molecule has 4 nitrogen and oxygen atoms in total. The SMILES string of the molecule is Nc1c(-c2cc(O)ccc2NC(=O)C(F)(F)F)ccc2ccccc12. The van der Waals surface area contributed by atoms with E-state index in [0.717, 1.165) is 10.8 Å². The average Bonchev–Trinajstić information content (AvgIpc) is 2.56. The third-order valence-electron chi connectivity index (χ3n) is 3.77. The van der Waals surface area contributed by atoms with Gasteiger partial charge >= 0.3 is 12.1 Å². The molecule has 1 amide bonds. The molecule has 7 heteroatoms. The molecule has 0 atom stereocenters. The fraction of sp³-hybridized carbons (Fsp3) is 0.0556. The largest absolute Gasteiger partial charge is 0.508 e. The van der Waals surface area contributed by atoms with Crippen molar-refractivity contribution in [3.05, 3.63) is 54.6 Å². The van der Waals surface area contributed by atoms with Crippen LogP contribution in [0.3, 0.4) is 0 Å². The molecule has 0 bridgehead atoms. The van der Waals surface area contributed by atoms with Gasteiger partial charge in [0.25, 0.3) is 0 Å². The molecule has 0 saturated carbocycles. The number of alkyl halides is 3. The molecule has 25 heavy (non-hydrogen) atoms. The second-order valence-corrected chi connectivity index (χ2v) is 5.43. The van der Waals surface area contributed by atoms with Gasteiger partial charge in [0.15, 0.2) is 0 Å². The highest BCUT2D eigenvalue weighted by Gasteiger charge is 2.39. The Kier molecular flexibility index (Phi) is 4.00. The van der Waals surface area contributed by atoms with Crippen LogP contribution in [0.1, 0.15) is 0 Å². The van der Waals surface area contributed by atoms with E-state index in [1.165, 1.54) is 18.2 Å². The number of anilines is 2. The van der Waals surface area contributed by atoms with Crippen LogP contribution < -0.4 is 11.1 Å². The lowest BCUT2D eigenvalue weighted by atomic mass is 9.97. The minimum Gasteiger partial charge on any atom is -0.508 e. The number of hydrogen-bond donors (Lipinski definition) is 3. The van der Waals surface area contributed by atoms with Crippen molar-refractivity contribution in [1.29, 1.82) is 0 Å². The lowest BCUT2D eigenvalue weighted by Gasteiger charge is -2.15. The number of phenolic OH excluding ortho intramolecular Hbond substituents is 1. The number of nitrogen functional groups attached to an aromatic ring is 1. The molecule has 4 N–H and O–H groups in total. The summed E-state index contributed by atoms with van der Waals surface area (Å²) in [5.74, 6) is -2.26. The van der Waals surface area contributed by atoms with Crippen LogP contribution in [0.5, 0.6) is 5.75 Å². The highest BCUT2D eigenvalue weighted by Crippen LogP contribution is 2.38. The van der Waals surface area contributed by atoms with E-state index in [-0.39, 0.29) is 17.0 Å². The summed E-state index contributed by atoms with van der Waals surface area (Å²) < 4.78 is 37.6. The molecule has 0 aliphatic carbocycles. The van der Waals surface area contributed by atoms with Crippen LogP contribution in [-0.4, -0.2) is 17.2 Å². The van der Waals surface area contributed by atoms with Gasteiger partial charge in [-0.15, -0.1) is 0 Å². The molecule has 3 aromatic rings. The molecule has 0 spiro atoms. The minimum atomic E-state index is -5.02. The van der Waals surface area contributed by atoms with E-state index in [1.807, 2.05) is 17.4 Å². The van der Waals surface area contributed by atoms with Crippen LogP contribution in [0.25, 0.3) is 21.9 Å². The van der Waals surface area contributed by atoms with Gasteiger partial charge in [-0.2, -0.15) is 13.2 Å². The van der Waals surface area contributed by atoms with Crippen molar-refractivity contribution in [2.75, 3.05) is 11.1 Å². The number of nitrogens with two attached hydrogens (primary N) is 1. The number of fused-ring (bicyclic) bond motifs is 1. The zero-order valence-electron chi connectivity index (χ0n) is 12.8. The molecule has 128 valence electrons. The fourth-order valence-electron chi connectivity index (χ4n) is 2.59. The summed E-state index contributed by atoms with van der Waals surface area (Å²) in [5.41, 5.74) is 7.02. The summed E-state index contributed by atoms with van der Waals surface area (Å²) >= 11 is 0. The smallest absolute Gasteiger partial charge is 0.471 e. The first-order valence-electron chi connectivity index (χ1n) is 7.26. The first-order chi connectivity index (χ1) is 11.8. The van der Waals surface area contributed by atoms with E-state index in [2.05, 4.69) is 0 Å². The van der Waals surface area contributed by atoms with E-state index in [1.54, 1.807) is 24.3 Å². The summed E-state index contributed by atoms with van der Waals surface area (Å²) in [6.45, 7) is 0. The highest BCUT2D eigenvalue weighted by atomic mass is 19.4. The van der Waals surface area contributed by atoms with Crippen molar-refractivity contribution in [3.63, 3.8) is 0 Å². The van der Waals surface area contributed by atoms with Crippen molar-refractivity contribution < 1.29 is 23.1 Å². The van der Waals surface area contributed by atoms with Gasteiger partial charge in [0, 0.05) is 27.9 Å². The maximum atomic E-state index is 12.5. The Morgan fingerprint density at radius 2 is 1.72 bits per heavy atom. The Morgan fingerprint density at radius 3 is 2.44 bits per heavy atom. The van der Waals surface area contributed by atoms with Gasteiger partial charge in [-0.1, -0.05) is 36.4 Å². The van der Waals surface area contributed by atoms with Gasteiger partial charge in [-0.05, 0) is 23.6 Å². The van der Waals surface area contributed by atoms with Crippen molar-refractivity contribution in [2.45, 2.75) is 6.18 Å². The number of carbonyl (C=O) groups is 1. The lowest BCUT2D eigenvalue weighted by Crippen LogP contribution is -2.30. The molecule has 0 aliphatic heterocycles. The van der Waals surface area contributed by atoms with Crippen molar-refractivity contribution in [1.82, 2.24) is 0 Å². The van der Waals surface area contributed by atoms with Crippen molar-refractivity contribution in [3.8, 4) is 16.9 Å². The van der Waals surface area contributed by atoms with Crippen LogP contribution in [-0.2, 0) is 4.79 Å². The Morgan fingerprint density at radius 1 is 1.00 bits per heavy atom. The number of halogens is 3. The lowest BCUT2D eigenvalue weighted by molar-refractivity contribution is -0.167. The third kappa shape index (κ3) is 3.21. The Balaban J connectivity index is 2.15. The Bertz CT molecular complexity index is 968. The number of amides is 1. The maximum Gasteiger partial charge on any atom is 0.471 e. The fourth-order valence-corrected chi connectivity index (χ4v) is 2.59. The molecule has 0 heterocycles. The van der Waals surface area contributed by atoms with E-state index in [0.29, 0.717) is 11.3 Å². The van der Waals surface area contributed by atoms with E-state index < -0.39 is 12.1 Å². The van der Waals surface area contributed by atoms with E-state index in [4.69, 9.17) is 5.73 Å². The summed E-state index contributed by atoms with van der Waals surface area (Å²) in [4.78, 5) is 11.3. The molecule has 3 aromatic carbocycles. The molecule has 0 saturated heterocycles. The normalized spacial score (nSPS) is 11.5. The predicted octanol–water partition coefficient (Wildman–Crippen LogP) is 4.30. The Hall–Kier alpha value is -3.22. The van der Waals surface area contributed by atoms with Gasteiger partial charge < -0.3 is 16.2 Å². The number of carbonyl (C=O) groups excluding carboxylic acids is 1. The average molecular weight is 346 g/mol. The first kappa shape index (κ1) is 16.6. The Labute approximate surface area is 140 Å². The van der Waals surface area contributed by atoms with Gasteiger partial charge in [-0.25, -0.2) is 0 Å². The number of benzene rings is 3. The highest BCUT2D eigenvalue weighted by molar-refractivity contribution is 6.05. The van der Waals surface area contributed by atoms with Crippen LogP contribution in [0, 0.1) is 0 Å². The number of phenols is 1. The molecule has 0 radical (unpaired) electrons. The zero-order chi connectivity index (χ0) is 18.2. The van der Waals surface area contributed by atoms with Gasteiger partial charge in [0.1, 0.15) is 5.75 Å². The van der Waals surface area contributed by atoms with E-state index in [9.17, 15) is 23.1 Å². The molecule has 0 aromatic heterocycles. The zero-order valence-corrected chi connectivity index (χ0v) is 12.8. The first-order valence-corrected chi connectivity index (χ1v) is 7.26. The second-order valence-electron chi connectivity index (χ2n) is 5.43. The van der Waals surface area contributed by atoms with Gasteiger partial charge in [0.2, 0.25) is 0 Å². The summed E-state index contributed by atoms with van der Waals surface area (Å²) in [6.07, 6.45) is -5.02. The van der Waals surface area contributed by atoms with Crippen molar-refractivity contribution >= 4 is 28.1 Å². The summed E-state index contributed by atoms with van der Waals surface area (Å²) in [6, 6.07) is 14.3. The molecule has 0 aliphatic rings. The quantitative estimate of drug-likeness (QED) is 0.478. The van der Waals surface area contributed by atoms with Gasteiger partial charge in [0.05, 0.1) is 0 Å².